The van der Waals surface area contributed by atoms with Crippen LogP contribution in [0.2, 0.25) is 0 Å². The van der Waals surface area contributed by atoms with Gasteiger partial charge in [0, 0.05) is 7.05 Å². The Bertz CT molecular complexity index is 810. The number of carbonyl (C=O) groups excluding carboxylic acids is 2. The Hall–Kier alpha value is -2.75. The van der Waals surface area contributed by atoms with Crippen LogP contribution in [-0.2, 0) is 16.6 Å². The van der Waals surface area contributed by atoms with E-state index < -0.39 is 18.1 Å². The molecular formula is C16H18N4O5S. The van der Waals surface area contributed by atoms with E-state index in [1.165, 1.54) is 0 Å². The van der Waals surface area contributed by atoms with Gasteiger partial charge in [-0.25, -0.2) is 4.79 Å². The van der Waals surface area contributed by atoms with Crippen molar-refractivity contribution in [2.24, 2.45) is 7.05 Å². The first kappa shape index (κ1) is 18.1. The number of ether oxygens (including phenoxy) is 3. The number of para-hydroxylation sites is 2. The van der Waals surface area contributed by atoms with Gasteiger partial charge < -0.3 is 18.8 Å². The molecule has 10 heteroatoms. The average molecular weight is 378 g/mol. The summed E-state index contributed by atoms with van der Waals surface area (Å²) >= 11 is 1.16. The standard InChI is InChI=1S/C16H18N4O5S/c1-3-23-16(22)17-13(21)9-26-15-19-18-14(20(15)2)12-8-24-10-6-4-5-7-11(10)25-12/h4-7,12H,3,8-9H2,1-2H3,(H,17,21,22)/t12-/m1/s1. The van der Waals surface area contributed by atoms with Gasteiger partial charge >= 0.3 is 6.09 Å². The van der Waals surface area contributed by atoms with Crippen molar-refractivity contribution in [1.29, 1.82) is 0 Å². The predicted molar refractivity (Wildman–Crippen MR) is 92.2 cm³/mol. The number of imide groups is 1. The number of hydrogen-bond acceptors (Lipinski definition) is 8. The number of rotatable bonds is 5. The summed E-state index contributed by atoms with van der Waals surface area (Å²) in [5.41, 5.74) is 0. The zero-order chi connectivity index (χ0) is 18.5. The van der Waals surface area contributed by atoms with E-state index in [1.54, 1.807) is 18.5 Å². The first-order chi connectivity index (χ1) is 12.6. The third kappa shape index (κ3) is 4.07. The van der Waals surface area contributed by atoms with Gasteiger partial charge in [0.2, 0.25) is 5.91 Å². The number of thioether (sulfide) groups is 1. The van der Waals surface area contributed by atoms with Crippen LogP contribution in [0.25, 0.3) is 0 Å². The van der Waals surface area contributed by atoms with Crippen molar-refractivity contribution in [2.75, 3.05) is 19.0 Å². The van der Waals surface area contributed by atoms with Crippen molar-refractivity contribution in [3.63, 3.8) is 0 Å². The van der Waals surface area contributed by atoms with Crippen LogP contribution in [0.4, 0.5) is 4.79 Å². The van der Waals surface area contributed by atoms with Crippen molar-refractivity contribution in [3.05, 3.63) is 30.1 Å². The Morgan fingerprint density at radius 3 is 2.88 bits per heavy atom. The summed E-state index contributed by atoms with van der Waals surface area (Å²) in [5, 5.41) is 10.9. The van der Waals surface area contributed by atoms with E-state index >= 15 is 0 Å². The average Bonchev–Trinajstić information content (AvgIpc) is 3.00. The highest BCUT2D eigenvalue weighted by Crippen LogP contribution is 2.35. The lowest BCUT2D eigenvalue weighted by Crippen LogP contribution is -2.32. The molecule has 0 bridgehead atoms. The van der Waals surface area contributed by atoms with Crippen molar-refractivity contribution in [1.82, 2.24) is 20.1 Å². The smallest absolute Gasteiger partial charge is 0.413 e. The molecule has 0 unspecified atom stereocenters. The second-order valence-electron chi connectivity index (χ2n) is 5.32. The molecule has 138 valence electrons. The minimum Gasteiger partial charge on any atom is -0.485 e. The van der Waals surface area contributed by atoms with Crippen molar-refractivity contribution >= 4 is 23.8 Å². The maximum Gasteiger partial charge on any atom is 0.413 e. The summed E-state index contributed by atoms with van der Waals surface area (Å²) in [4.78, 5) is 22.9. The van der Waals surface area contributed by atoms with Crippen LogP contribution in [0, 0.1) is 0 Å². The number of nitrogens with zero attached hydrogens (tertiary/aromatic N) is 3. The summed E-state index contributed by atoms with van der Waals surface area (Å²) in [6.45, 7) is 2.18. The van der Waals surface area contributed by atoms with E-state index in [0.717, 1.165) is 11.8 Å². The number of carbonyl (C=O) groups is 2. The van der Waals surface area contributed by atoms with Crippen LogP contribution in [-0.4, -0.2) is 45.7 Å². The molecule has 0 spiro atoms. The highest BCUT2D eigenvalue weighted by Gasteiger charge is 2.27. The highest BCUT2D eigenvalue weighted by atomic mass is 32.2. The highest BCUT2D eigenvalue weighted by molar-refractivity contribution is 7.99. The summed E-state index contributed by atoms with van der Waals surface area (Å²) in [7, 11) is 1.78. The summed E-state index contributed by atoms with van der Waals surface area (Å²) < 4.78 is 18.0. The molecule has 1 aliphatic heterocycles. The van der Waals surface area contributed by atoms with Gasteiger partial charge in [-0.3, -0.25) is 10.1 Å². The van der Waals surface area contributed by atoms with Gasteiger partial charge in [-0.15, -0.1) is 10.2 Å². The van der Waals surface area contributed by atoms with E-state index in [1.807, 2.05) is 24.3 Å². The molecule has 9 nitrogen and oxygen atoms in total. The minimum atomic E-state index is -0.761. The van der Waals surface area contributed by atoms with E-state index in [0.29, 0.717) is 29.1 Å². The first-order valence-corrected chi connectivity index (χ1v) is 8.94. The molecule has 1 atom stereocenters. The van der Waals surface area contributed by atoms with Gasteiger partial charge in [0.25, 0.3) is 0 Å². The van der Waals surface area contributed by atoms with Crippen molar-refractivity contribution in [2.45, 2.75) is 18.2 Å². The number of amides is 2. The van der Waals surface area contributed by atoms with Crippen LogP contribution >= 0.6 is 11.8 Å². The normalized spacial score (nSPS) is 15.4. The van der Waals surface area contributed by atoms with Gasteiger partial charge in [0.1, 0.15) is 6.61 Å². The topological polar surface area (TPSA) is 105 Å². The third-order valence-corrected chi connectivity index (χ3v) is 4.53. The van der Waals surface area contributed by atoms with Gasteiger partial charge in [-0.1, -0.05) is 23.9 Å². The van der Waals surface area contributed by atoms with E-state index in [2.05, 4.69) is 20.3 Å². The van der Waals surface area contributed by atoms with Gasteiger partial charge in [-0.2, -0.15) is 0 Å². The zero-order valence-corrected chi connectivity index (χ0v) is 15.1. The third-order valence-electron chi connectivity index (χ3n) is 3.51. The number of aromatic nitrogens is 3. The molecule has 1 aliphatic rings. The predicted octanol–water partition coefficient (Wildman–Crippen LogP) is 1.69. The number of benzene rings is 1. The Balaban J connectivity index is 1.60. The molecular weight excluding hydrogens is 360 g/mol. The van der Waals surface area contributed by atoms with Gasteiger partial charge in [-0.05, 0) is 19.1 Å². The number of nitrogens with one attached hydrogen (secondary N) is 1. The number of alkyl carbamates (subject to hydrolysis) is 1. The SMILES string of the molecule is CCOC(=O)NC(=O)CSc1nnc([C@H]2COc3ccccc3O2)n1C. The van der Waals surface area contributed by atoms with Crippen LogP contribution in [0.5, 0.6) is 11.5 Å². The molecule has 2 heterocycles. The van der Waals surface area contributed by atoms with Gasteiger partial charge in [0.15, 0.2) is 28.6 Å². The number of fused-ring (bicyclic) bond motifs is 1. The van der Waals surface area contributed by atoms with Crippen LogP contribution < -0.4 is 14.8 Å². The molecule has 0 radical (unpaired) electrons. The summed E-state index contributed by atoms with van der Waals surface area (Å²) in [6.07, 6.45) is -1.16. The minimum absolute atomic E-state index is 0.00957. The molecule has 0 aliphatic carbocycles. The Morgan fingerprint density at radius 1 is 1.35 bits per heavy atom. The second kappa shape index (κ2) is 8.09. The van der Waals surface area contributed by atoms with Crippen molar-refractivity contribution < 1.29 is 23.8 Å². The Kier molecular flexibility index (Phi) is 5.61. The molecule has 0 saturated carbocycles. The molecule has 2 aromatic rings. The Morgan fingerprint density at radius 2 is 2.12 bits per heavy atom. The zero-order valence-electron chi connectivity index (χ0n) is 14.3. The fourth-order valence-corrected chi connectivity index (χ4v) is 3.04. The van der Waals surface area contributed by atoms with E-state index in [4.69, 9.17) is 9.47 Å². The maximum absolute atomic E-state index is 11.7. The maximum atomic E-state index is 11.7. The lowest BCUT2D eigenvalue weighted by atomic mass is 10.2. The summed E-state index contributed by atoms with van der Waals surface area (Å²) in [6, 6.07) is 7.41. The molecule has 0 fully saturated rings. The fraction of sp³-hybridized carbons (Fsp3) is 0.375. The molecule has 1 N–H and O–H groups in total. The lowest BCUT2D eigenvalue weighted by Gasteiger charge is -2.25. The number of hydrogen-bond donors (Lipinski definition) is 1. The van der Waals surface area contributed by atoms with Gasteiger partial charge in [0.05, 0.1) is 12.4 Å². The summed E-state index contributed by atoms with van der Waals surface area (Å²) in [5.74, 6) is 1.47. The molecule has 0 saturated heterocycles. The van der Waals surface area contributed by atoms with Crippen LogP contribution in [0.1, 0.15) is 18.9 Å². The second-order valence-corrected chi connectivity index (χ2v) is 6.26. The van der Waals surface area contributed by atoms with E-state index in [9.17, 15) is 9.59 Å². The van der Waals surface area contributed by atoms with Crippen LogP contribution in [0.15, 0.2) is 29.4 Å². The molecule has 2 amide bonds. The molecule has 1 aromatic heterocycles. The van der Waals surface area contributed by atoms with E-state index in [-0.39, 0.29) is 12.4 Å². The fourth-order valence-electron chi connectivity index (χ4n) is 2.33. The van der Waals surface area contributed by atoms with Crippen molar-refractivity contribution in [3.8, 4) is 11.5 Å². The lowest BCUT2D eigenvalue weighted by molar-refractivity contribution is -0.117. The monoisotopic (exact) mass is 378 g/mol. The Labute approximate surface area is 154 Å². The first-order valence-electron chi connectivity index (χ1n) is 7.95. The molecule has 1 aromatic carbocycles. The van der Waals surface area contributed by atoms with Crippen LogP contribution in [0.3, 0.4) is 0 Å². The molecule has 3 rings (SSSR count). The quantitative estimate of drug-likeness (QED) is 0.784. The molecule has 26 heavy (non-hydrogen) atoms. The largest absolute Gasteiger partial charge is 0.485 e.